The summed E-state index contributed by atoms with van der Waals surface area (Å²) >= 11 is 0. The molecule has 1 saturated heterocycles. The number of likely N-dealkylation sites (tertiary alicyclic amines) is 1. The van der Waals surface area contributed by atoms with Crippen molar-refractivity contribution in [1.82, 2.24) is 0 Å². The Bertz CT molecular complexity index is 656. The maximum absolute atomic E-state index is 10.6. The summed E-state index contributed by atoms with van der Waals surface area (Å²) in [6, 6.07) is 19.4. The van der Waals surface area contributed by atoms with Crippen molar-refractivity contribution in [3.63, 3.8) is 0 Å². The van der Waals surface area contributed by atoms with E-state index in [0.717, 1.165) is 24.2 Å². The molecule has 0 amide bonds. The van der Waals surface area contributed by atoms with Crippen LogP contribution in [0.4, 0.5) is 0 Å². The first-order chi connectivity index (χ1) is 12.6. The zero-order valence-corrected chi connectivity index (χ0v) is 16.0. The standard InChI is InChI=1S/C23H31NO2/c1-18-11-13-21(14-12-18)23(20-9-4-3-5-10-20)26-17-22(25)16-24-15-7-6-8-19(24)2/h3-5,9-14,19,22-23,25H,6-8,15-17H2,1-2H3/p+1/t19-,22+,23-/m0/s1. The van der Waals surface area contributed by atoms with Crippen LogP contribution in [0.2, 0.25) is 0 Å². The van der Waals surface area contributed by atoms with Crippen LogP contribution in [0.5, 0.6) is 0 Å². The minimum Gasteiger partial charge on any atom is -0.385 e. The van der Waals surface area contributed by atoms with Gasteiger partial charge in [0.05, 0.1) is 19.2 Å². The molecule has 1 aliphatic heterocycles. The summed E-state index contributed by atoms with van der Waals surface area (Å²) in [5.41, 5.74) is 3.50. The van der Waals surface area contributed by atoms with Crippen molar-refractivity contribution in [2.24, 2.45) is 0 Å². The molecule has 0 radical (unpaired) electrons. The summed E-state index contributed by atoms with van der Waals surface area (Å²) in [4.78, 5) is 1.51. The van der Waals surface area contributed by atoms with E-state index in [1.807, 2.05) is 18.2 Å². The second-order valence-corrected chi connectivity index (χ2v) is 7.70. The lowest BCUT2D eigenvalue weighted by molar-refractivity contribution is -0.931. The molecule has 2 aromatic carbocycles. The van der Waals surface area contributed by atoms with Gasteiger partial charge in [0, 0.05) is 0 Å². The zero-order valence-electron chi connectivity index (χ0n) is 16.0. The lowest BCUT2D eigenvalue weighted by atomic mass is 10.0. The molecule has 0 saturated carbocycles. The lowest BCUT2D eigenvalue weighted by Gasteiger charge is -2.32. The number of aliphatic hydroxyl groups is 1. The SMILES string of the molecule is Cc1ccc([C@@H](OC[C@H](O)C[NH+]2CCCC[C@@H]2C)c2ccccc2)cc1. The first-order valence-electron chi connectivity index (χ1n) is 9.89. The van der Waals surface area contributed by atoms with Crippen molar-refractivity contribution in [3.8, 4) is 0 Å². The first kappa shape index (κ1) is 19.1. The van der Waals surface area contributed by atoms with Gasteiger partial charge in [0.2, 0.25) is 0 Å². The van der Waals surface area contributed by atoms with Crippen molar-refractivity contribution >= 4 is 0 Å². The molecule has 2 aromatic rings. The predicted octanol–water partition coefficient (Wildman–Crippen LogP) is 2.92. The number of piperidine rings is 1. The molecule has 3 heteroatoms. The second kappa shape index (κ2) is 9.31. The molecule has 1 heterocycles. The van der Waals surface area contributed by atoms with Gasteiger partial charge in [-0.25, -0.2) is 0 Å². The number of aryl methyl sites for hydroxylation is 1. The van der Waals surface area contributed by atoms with Gasteiger partial charge in [0.1, 0.15) is 18.8 Å². The number of benzene rings is 2. The number of hydrogen-bond acceptors (Lipinski definition) is 2. The third-order valence-electron chi connectivity index (χ3n) is 5.52. The third-order valence-corrected chi connectivity index (χ3v) is 5.52. The fourth-order valence-corrected chi connectivity index (χ4v) is 3.88. The lowest BCUT2D eigenvalue weighted by Crippen LogP contribution is -3.17. The molecule has 0 bridgehead atoms. The quantitative estimate of drug-likeness (QED) is 0.802. The van der Waals surface area contributed by atoms with E-state index >= 15 is 0 Å². The maximum Gasteiger partial charge on any atom is 0.126 e. The van der Waals surface area contributed by atoms with E-state index in [1.54, 1.807) is 0 Å². The molecule has 2 N–H and O–H groups in total. The average molecular weight is 355 g/mol. The number of quaternary nitrogens is 1. The molecule has 0 spiro atoms. The van der Waals surface area contributed by atoms with Crippen LogP contribution < -0.4 is 4.90 Å². The van der Waals surface area contributed by atoms with Gasteiger partial charge >= 0.3 is 0 Å². The summed E-state index contributed by atoms with van der Waals surface area (Å²) in [5.74, 6) is 0. The Hall–Kier alpha value is -1.68. The molecular weight excluding hydrogens is 322 g/mol. The van der Waals surface area contributed by atoms with Crippen molar-refractivity contribution in [3.05, 3.63) is 71.3 Å². The van der Waals surface area contributed by atoms with E-state index < -0.39 is 6.10 Å². The molecule has 1 unspecified atom stereocenters. The number of aliphatic hydroxyl groups excluding tert-OH is 1. The Kier molecular flexibility index (Phi) is 6.84. The maximum atomic E-state index is 10.6. The highest BCUT2D eigenvalue weighted by Gasteiger charge is 2.25. The van der Waals surface area contributed by atoms with Crippen LogP contribution in [0, 0.1) is 6.92 Å². The van der Waals surface area contributed by atoms with Crippen molar-refractivity contribution in [2.75, 3.05) is 19.7 Å². The fourth-order valence-electron chi connectivity index (χ4n) is 3.88. The van der Waals surface area contributed by atoms with Gasteiger partial charge in [-0.3, -0.25) is 0 Å². The minimum absolute atomic E-state index is 0.139. The van der Waals surface area contributed by atoms with E-state index in [2.05, 4.69) is 50.2 Å². The monoisotopic (exact) mass is 354 g/mol. The fraction of sp³-hybridized carbons (Fsp3) is 0.478. The molecule has 0 aliphatic carbocycles. The molecule has 1 fully saturated rings. The van der Waals surface area contributed by atoms with E-state index in [-0.39, 0.29) is 6.10 Å². The summed E-state index contributed by atoms with van der Waals surface area (Å²) < 4.78 is 6.23. The molecule has 1 aliphatic rings. The van der Waals surface area contributed by atoms with Gasteiger partial charge in [0.15, 0.2) is 0 Å². The Morgan fingerprint density at radius 1 is 1.04 bits per heavy atom. The Morgan fingerprint density at radius 3 is 2.42 bits per heavy atom. The molecule has 140 valence electrons. The van der Waals surface area contributed by atoms with Crippen LogP contribution in [0.3, 0.4) is 0 Å². The minimum atomic E-state index is -0.429. The molecule has 3 nitrogen and oxygen atoms in total. The first-order valence-corrected chi connectivity index (χ1v) is 9.89. The van der Waals surface area contributed by atoms with Gasteiger partial charge in [-0.2, -0.15) is 0 Å². The highest BCUT2D eigenvalue weighted by Crippen LogP contribution is 2.26. The number of nitrogens with one attached hydrogen (secondary N) is 1. The topological polar surface area (TPSA) is 33.9 Å². The van der Waals surface area contributed by atoms with Crippen LogP contribution in [-0.2, 0) is 4.74 Å². The van der Waals surface area contributed by atoms with Crippen LogP contribution in [0.15, 0.2) is 54.6 Å². The van der Waals surface area contributed by atoms with Crippen molar-refractivity contribution < 1.29 is 14.7 Å². The smallest absolute Gasteiger partial charge is 0.126 e. The summed E-state index contributed by atoms with van der Waals surface area (Å²) in [6.07, 6.45) is 3.28. The Morgan fingerprint density at radius 2 is 1.73 bits per heavy atom. The van der Waals surface area contributed by atoms with Gasteiger partial charge in [0.25, 0.3) is 0 Å². The summed E-state index contributed by atoms with van der Waals surface area (Å²) in [7, 11) is 0. The molecule has 4 atom stereocenters. The van der Waals surface area contributed by atoms with Crippen LogP contribution in [-0.4, -0.2) is 36.9 Å². The van der Waals surface area contributed by atoms with Gasteiger partial charge in [-0.1, -0.05) is 60.2 Å². The van der Waals surface area contributed by atoms with Crippen molar-refractivity contribution in [1.29, 1.82) is 0 Å². The van der Waals surface area contributed by atoms with Gasteiger partial charge < -0.3 is 14.7 Å². The zero-order chi connectivity index (χ0) is 18.4. The Labute approximate surface area is 157 Å². The Balaban J connectivity index is 1.65. The molecule has 3 rings (SSSR count). The molecular formula is C23H32NO2+. The third kappa shape index (κ3) is 5.16. The average Bonchev–Trinajstić information content (AvgIpc) is 2.66. The van der Waals surface area contributed by atoms with E-state index in [0.29, 0.717) is 12.6 Å². The van der Waals surface area contributed by atoms with Crippen molar-refractivity contribution in [2.45, 2.75) is 51.4 Å². The predicted molar refractivity (Wildman–Crippen MR) is 105 cm³/mol. The molecule has 26 heavy (non-hydrogen) atoms. The van der Waals surface area contributed by atoms with Crippen LogP contribution in [0.25, 0.3) is 0 Å². The number of hydrogen-bond donors (Lipinski definition) is 2. The highest BCUT2D eigenvalue weighted by atomic mass is 16.5. The van der Waals surface area contributed by atoms with Gasteiger partial charge in [-0.05, 0) is 44.2 Å². The number of ether oxygens (including phenoxy) is 1. The second-order valence-electron chi connectivity index (χ2n) is 7.70. The largest absolute Gasteiger partial charge is 0.385 e. The van der Waals surface area contributed by atoms with E-state index in [9.17, 15) is 5.11 Å². The van der Waals surface area contributed by atoms with Crippen LogP contribution >= 0.6 is 0 Å². The molecule has 0 aromatic heterocycles. The highest BCUT2D eigenvalue weighted by molar-refractivity contribution is 5.31. The summed E-state index contributed by atoms with van der Waals surface area (Å²) in [6.45, 7) is 6.69. The van der Waals surface area contributed by atoms with E-state index in [4.69, 9.17) is 4.74 Å². The van der Waals surface area contributed by atoms with Gasteiger partial charge in [-0.15, -0.1) is 0 Å². The van der Waals surface area contributed by atoms with Crippen LogP contribution in [0.1, 0.15) is 49.0 Å². The number of rotatable bonds is 7. The normalized spacial score (nSPS) is 22.7. The summed E-state index contributed by atoms with van der Waals surface area (Å²) in [5, 5.41) is 10.6. The van der Waals surface area contributed by atoms with E-state index in [1.165, 1.54) is 29.7 Å².